The van der Waals surface area contributed by atoms with E-state index in [2.05, 4.69) is 34.6 Å². The summed E-state index contributed by atoms with van der Waals surface area (Å²) in [7, 11) is 0. The number of carboxylic acid groups (broad SMARTS) is 1. The van der Waals surface area contributed by atoms with E-state index in [-0.39, 0.29) is 6.42 Å². The second-order valence-electron chi connectivity index (χ2n) is 7.50. The maximum atomic E-state index is 10.1. The van der Waals surface area contributed by atoms with Gasteiger partial charge >= 0.3 is 65.3 Å². The summed E-state index contributed by atoms with van der Waals surface area (Å²) in [5.41, 5.74) is 0. The Kier molecular flexibility index (Phi) is 22.0. The number of aliphatic carboxylic acids is 1. The van der Waals surface area contributed by atoms with Crippen LogP contribution < -0.4 is 5.11 Å². The summed E-state index contributed by atoms with van der Waals surface area (Å²) in [5.74, 6) is 0.949. The molecule has 0 saturated heterocycles. The molecule has 0 fully saturated rings. The summed E-state index contributed by atoms with van der Waals surface area (Å²) in [6.45, 7) is 11.5. The topological polar surface area (TPSA) is 40.1 Å². The van der Waals surface area contributed by atoms with E-state index in [4.69, 9.17) is 0 Å². The van der Waals surface area contributed by atoms with Crippen LogP contribution in [0.15, 0.2) is 0 Å². The van der Waals surface area contributed by atoms with Crippen LogP contribution in [0, 0.1) is 11.8 Å². The molecule has 0 atom stereocenters. The molecule has 0 bridgehead atoms. The number of hydrogen-bond acceptors (Lipinski definition) is 2. The molecular formula is C20H41AlO2. The number of unbranched alkanes of at least 4 members (excludes halogenated alkanes) is 8. The predicted molar refractivity (Wildman–Crippen MR) is 102 cm³/mol. The van der Waals surface area contributed by atoms with Crippen LogP contribution in [0.2, 0.25) is 10.6 Å². The average molecular weight is 341 g/mol. The van der Waals surface area contributed by atoms with Gasteiger partial charge in [0.25, 0.3) is 0 Å². The molecule has 2 nitrogen and oxygen atoms in total. The zero-order chi connectivity index (χ0) is 17.9. The first-order valence-corrected chi connectivity index (χ1v) is 11.5. The zero-order valence-electron chi connectivity index (χ0n) is 16.5. The Morgan fingerprint density at radius 2 is 1.17 bits per heavy atom. The Morgan fingerprint density at radius 3 is 1.52 bits per heavy atom. The molecule has 0 spiro atoms. The van der Waals surface area contributed by atoms with E-state index in [1.165, 1.54) is 55.5 Å². The fourth-order valence-corrected chi connectivity index (χ4v) is 3.87. The monoisotopic (exact) mass is 340 g/mol. The smallest absolute Gasteiger partial charge is 0.0414 e. The summed E-state index contributed by atoms with van der Waals surface area (Å²) in [4.78, 5) is 10.1. The molecule has 136 valence electrons. The van der Waals surface area contributed by atoms with E-state index >= 15 is 0 Å². The molecule has 0 N–H and O–H groups in total. The van der Waals surface area contributed by atoms with Crippen LogP contribution >= 0.6 is 0 Å². The summed E-state index contributed by atoms with van der Waals surface area (Å²) in [6.07, 6.45) is 11.2. The maximum absolute atomic E-state index is 10.1. The molecule has 0 aliphatic rings. The van der Waals surface area contributed by atoms with Crippen LogP contribution in [-0.4, -0.2) is 21.2 Å². The first-order valence-electron chi connectivity index (χ1n) is 9.91. The molecule has 0 heterocycles. The fraction of sp³-hybridized carbons (Fsp3) is 0.950. The van der Waals surface area contributed by atoms with Crippen molar-refractivity contribution in [1.29, 1.82) is 0 Å². The van der Waals surface area contributed by atoms with Gasteiger partial charge in [-0.3, -0.25) is 0 Å². The third kappa shape index (κ3) is 30.5. The molecule has 0 aromatic heterocycles. The fourth-order valence-electron chi connectivity index (χ4n) is 2.34. The predicted octanol–water partition coefficient (Wildman–Crippen LogP) is 5.50. The number of hydrogen-bond donors (Lipinski definition) is 0. The Balaban J connectivity index is 0. The third-order valence-electron chi connectivity index (χ3n) is 3.76. The Morgan fingerprint density at radius 1 is 0.783 bits per heavy atom. The van der Waals surface area contributed by atoms with E-state index in [1.807, 2.05) is 0 Å². The minimum Gasteiger partial charge on any atom is -0.550 e. The van der Waals surface area contributed by atoms with E-state index in [0.29, 0.717) is 0 Å². The van der Waals surface area contributed by atoms with Crippen LogP contribution in [0.25, 0.3) is 0 Å². The number of carbonyl (C=O) groups is 1. The number of carboxylic acids is 1. The van der Waals surface area contributed by atoms with Gasteiger partial charge in [0.05, 0.1) is 0 Å². The van der Waals surface area contributed by atoms with Crippen molar-refractivity contribution < 1.29 is 9.90 Å². The largest absolute Gasteiger partial charge is 0.550 e. The molecular weight excluding hydrogens is 299 g/mol. The molecule has 0 aliphatic carbocycles. The van der Waals surface area contributed by atoms with Gasteiger partial charge in [-0.2, -0.15) is 0 Å². The maximum Gasteiger partial charge on any atom is 0.0414 e. The van der Waals surface area contributed by atoms with E-state index in [1.54, 1.807) is 0 Å². The quantitative estimate of drug-likeness (QED) is 0.309. The van der Waals surface area contributed by atoms with Crippen LogP contribution in [0.1, 0.15) is 98.8 Å². The van der Waals surface area contributed by atoms with Crippen molar-refractivity contribution in [2.24, 2.45) is 11.8 Å². The Hall–Kier alpha value is 0.00247. The summed E-state index contributed by atoms with van der Waals surface area (Å²) >= 11 is 0.755. The standard InChI is InChI=1S/C12H24O2.2C4H9.Al/c1-2-3-4-5-6-7-8-9-10-11-12(13)14;2*1-4(2)3;/h2-11H2,1H3,(H,13,14);2*4H,1H2,2-3H3;/q;;;+1/p-1. The molecule has 0 rings (SSSR count). The van der Waals surface area contributed by atoms with Gasteiger partial charge in [-0.15, -0.1) is 0 Å². The van der Waals surface area contributed by atoms with Gasteiger partial charge in [0.2, 0.25) is 0 Å². The molecule has 23 heavy (non-hydrogen) atoms. The van der Waals surface area contributed by atoms with Crippen LogP contribution in [0.3, 0.4) is 0 Å². The Labute approximate surface area is 152 Å². The molecule has 0 amide bonds. The number of carbonyl (C=O) groups excluding carboxylic acids is 1. The third-order valence-corrected chi connectivity index (χ3v) is 6.31. The van der Waals surface area contributed by atoms with Crippen molar-refractivity contribution >= 4 is 21.2 Å². The van der Waals surface area contributed by atoms with Crippen LogP contribution in [0.4, 0.5) is 0 Å². The van der Waals surface area contributed by atoms with Crippen molar-refractivity contribution in [2.75, 3.05) is 0 Å². The van der Waals surface area contributed by atoms with Gasteiger partial charge in [-0.1, -0.05) is 58.3 Å². The van der Waals surface area contributed by atoms with Crippen molar-refractivity contribution in [3.8, 4) is 0 Å². The zero-order valence-corrected chi connectivity index (χ0v) is 17.7. The van der Waals surface area contributed by atoms with Crippen molar-refractivity contribution in [1.82, 2.24) is 0 Å². The SMILES string of the molecule is CC(C)[CH2][Al+][CH2]C(C)C.CCCCCCCCCCCC(=O)[O-]. The minimum atomic E-state index is -0.909. The Bertz CT molecular complexity index is 232. The molecule has 0 saturated carbocycles. The van der Waals surface area contributed by atoms with Crippen LogP contribution in [-0.2, 0) is 4.79 Å². The van der Waals surface area contributed by atoms with E-state index in [9.17, 15) is 9.90 Å². The molecule has 0 aromatic rings. The van der Waals surface area contributed by atoms with Crippen LogP contribution in [0.5, 0.6) is 0 Å². The van der Waals surface area contributed by atoms with E-state index in [0.717, 1.165) is 39.9 Å². The average Bonchev–Trinajstić information content (AvgIpc) is 2.45. The summed E-state index contributed by atoms with van der Waals surface area (Å²) < 4.78 is 0. The van der Waals surface area contributed by atoms with Crippen molar-refractivity contribution in [3.63, 3.8) is 0 Å². The van der Waals surface area contributed by atoms with Gasteiger partial charge in [0, 0.05) is 5.97 Å². The van der Waals surface area contributed by atoms with Crippen molar-refractivity contribution in [2.45, 2.75) is 109 Å². The minimum absolute atomic E-state index is 0.232. The van der Waals surface area contributed by atoms with Gasteiger partial charge in [-0.05, 0) is 12.8 Å². The molecule has 3 heteroatoms. The summed E-state index contributed by atoms with van der Waals surface area (Å²) in [6, 6.07) is 0. The first-order chi connectivity index (χ1) is 10.9. The van der Waals surface area contributed by atoms with Gasteiger partial charge < -0.3 is 9.90 Å². The van der Waals surface area contributed by atoms with E-state index < -0.39 is 5.97 Å². The van der Waals surface area contributed by atoms with Crippen molar-refractivity contribution in [3.05, 3.63) is 0 Å². The molecule has 0 unspecified atom stereocenters. The number of rotatable bonds is 14. The van der Waals surface area contributed by atoms with Gasteiger partial charge in [-0.25, -0.2) is 0 Å². The molecule has 0 radical (unpaired) electrons. The van der Waals surface area contributed by atoms with Gasteiger partial charge in [0.1, 0.15) is 0 Å². The normalized spacial score (nSPS) is 10.4. The molecule has 0 aromatic carbocycles. The molecule has 0 aliphatic heterocycles. The first kappa shape index (κ1) is 25.2. The second kappa shape index (κ2) is 20.0. The summed E-state index contributed by atoms with van der Waals surface area (Å²) in [5, 5.41) is 13.1. The van der Waals surface area contributed by atoms with Gasteiger partial charge in [0.15, 0.2) is 0 Å². The second-order valence-corrected chi connectivity index (χ2v) is 9.02.